The van der Waals surface area contributed by atoms with Crippen molar-refractivity contribution < 1.29 is 22.6 Å². The van der Waals surface area contributed by atoms with E-state index in [9.17, 15) is 13.2 Å². The molecule has 0 aliphatic carbocycles. The Hall–Kier alpha value is -1.71. The topological polar surface area (TPSA) is 69.4 Å². The van der Waals surface area contributed by atoms with Gasteiger partial charge in [0.2, 0.25) is 0 Å². The highest BCUT2D eigenvalue weighted by atomic mass is 35.5. The van der Waals surface area contributed by atoms with E-state index in [2.05, 4.69) is 10.3 Å². The number of rotatable bonds is 7. The number of methoxy groups -OCH3 is 1. The van der Waals surface area contributed by atoms with Crippen LogP contribution in [-0.2, 0) is 13.1 Å². The Morgan fingerprint density at radius 3 is 2.58 bits per heavy atom. The monoisotopic (exact) mass is 383 g/mol. The molecular weight excluding hydrogens is 367 g/mol. The van der Waals surface area contributed by atoms with Gasteiger partial charge in [-0.3, -0.25) is 0 Å². The largest absolute Gasteiger partial charge is 0.493 e. The Kier molecular flexibility index (Phi) is 7.59. The van der Waals surface area contributed by atoms with Crippen LogP contribution in [0.4, 0.5) is 18.3 Å². The number of ether oxygens (including phenoxy) is 2. The van der Waals surface area contributed by atoms with E-state index >= 15 is 0 Å². The van der Waals surface area contributed by atoms with Crippen molar-refractivity contribution >= 4 is 28.9 Å². The highest BCUT2D eigenvalue weighted by Crippen LogP contribution is 2.29. The number of aromatic nitrogens is 1. The maximum absolute atomic E-state index is 12.2. The van der Waals surface area contributed by atoms with Gasteiger partial charge in [0.05, 0.1) is 7.11 Å². The third-order valence-corrected chi connectivity index (χ3v) is 3.65. The number of nitrogens with zero attached hydrogens (tertiary/aromatic N) is 1. The molecule has 1 heterocycles. The van der Waals surface area contributed by atoms with Crippen LogP contribution in [-0.4, -0.2) is 24.9 Å². The van der Waals surface area contributed by atoms with Crippen molar-refractivity contribution in [2.75, 3.05) is 19.5 Å². The zero-order valence-electron chi connectivity index (χ0n) is 12.7. The number of nitrogens with two attached hydrogens (primary N) is 1. The van der Waals surface area contributed by atoms with Crippen LogP contribution in [0.1, 0.15) is 10.4 Å². The van der Waals surface area contributed by atoms with Crippen LogP contribution in [0.25, 0.3) is 0 Å². The fourth-order valence-electron chi connectivity index (χ4n) is 1.84. The molecule has 0 saturated carbocycles. The van der Waals surface area contributed by atoms with Crippen molar-refractivity contribution in [3.05, 3.63) is 34.8 Å². The van der Waals surface area contributed by atoms with E-state index in [0.717, 1.165) is 10.4 Å². The Labute approximate surface area is 147 Å². The predicted octanol–water partition coefficient (Wildman–Crippen LogP) is 3.39. The van der Waals surface area contributed by atoms with E-state index in [1.165, 1.54) is 24.5 Å². The normalized spacial score (nSPS) is 11.0. The number of benzene rings is 1. The van der Waals surface area contributed by atoms with Gasteiger partial charge in [-0.05, 0) is 17.7 Å². The highest BCUT2D eigenvalue weighted by molar-refractivity contribution is 7.15. The van der Waals surface area contributed by atoms with Gasteiger partial charge in [0.15, 0.2) is 23.2 Å². The van der Waals surface area contributed by atoms with Gasteiger partial charge in [0.1, 0.15) is 0 Å². The number of anilines is 1. The van der Waals surface area contributed by atoms with Crippen LogP contribution >= 0.6 is 23.7 Å². The Bertz CT molecular complexity index is 652. The molecule has 5 nitrogen and oxygen atoms in total. The minimum atomic E-state index is -4.39. The van der Waals surface area contributed by atoms with Gasteiger partial charge in [-0.15, -0.1) is 23.7 Å². The summed E-state index contributed by atoms with van der Waals surface area (Å²) >= 11 is 1.39. The summed E-state index contributed by atoms with van der Waals surface area (Å²) in [6.45, 7) is -0.231. The summed E-state index contributed by atoms with van der Waals surface area (Å²) in [5.74, 6) is 0.319. The highest BCUT2D eigenvalue weighted by Gasteiger charge is 2.29. The molecule has 10 heteroatoms. The summed E-state index contributed by atoms with van der Waals surface area (Å²) in [6, 6.07) is 4.79. The molecule has 134 valence electrons. The number of nitrogens with one attached hydrogen (secondary N) is 1. The van der Waals surface area contributed by atoms with Crippen LogP contribution < -0.4 is 20.5 Å². The van der Waals surface area contributed by atoms with Gasteiger partial charge in [0.25, 0.3) is 0 Å². The molecule has 0 saturated heterocycles. The minimum Gasteiger partial charge on any atom is -0.493 e. The van der Waals surface area contributed by atoms with E-state index in [-0.39, 0.29) is 23.9 Å². The molecule has 0 bridgehead atoms. The lowest BCUT2D eigenvalue weighted by atomic mass is 10.2. The molecule has 3 N–H and O–H groups in total. The maximum Gasteiger partial charge on any atom is 0.422 e. The lowest BCUT2D eigenvalue weighted by Gasteiger charge is -2.13. The molecule has 1 aromatic carbocycles. The lowest BCUT2D eigenvalue weighted by molar-refractivity contribution is -0.153. The first-order valence-corrected chi connectivity index (χ1v) is 7.46. The van der Waals surface area contributed by atoms with Gasteiger partial charge in [-0.1, -0.05) is 6.07 Å². The summed E-state index contributed by atoms with van der Waals surface area (Å²) in [7, 11) is 1.38. The second-order valence-corrected chi connectivity index (χ2v) is 5.80. The summed E-state index contributed by atoms with van der Waals surface area (Å²) in [4.78, 5) is 4.95. The quantitative estimate of drug-likeness (QED) is 0.767. The van der Waals surface area contributed by atoms with Gasteiger partial charge in [0, 0.05) is 24.2 Å². The van der Waals surface area contributed by atoms with Crippen LogP contribution in [0.2, 0.25) is 0 Å². The fourth-order valence-corrected chi connectivity index (χ4v) is 2.49. The standard InChI is InChI=1S/C14H16F3N3O2S.ClH/c1-21-12-4-9(2-3-11(12)22-8-14(15,16)17)5-19-6-10-7-20-13(18)23-10;/h2-4,7,19H,5-6,8H2,1H3,(H2,18,20);1H. The molecule has 0 aliphatic heterocycles. The Morgan fingerprint density at radius 2 is 2.00 bits per heavy atom. The van der Waals surface area contributed by atoms with Crippen molar-refractivity contribution in [1.29, 1.82) is 0 Å². The molecule has 2 aromatic rings. The molecule has 0 atom stereocenters. The predicted molar refractivity (Wildman–Crippen MR) is 88.9 cm³/mol. The summed E-state index contributed by atoms with van der Waals surface area (Å²) < 4.78 is 46.4. The van der Waals surface area contributed by atoms with E-state index in [1.54, 1.807) is 18.3 Å². The SMILES string of the molecule is COc1cc(CNCc2cnc(N)s2)ccc1OCC(F)(F)F.Cl. The first-order valence-electron chi connectivity index (χ1n) is 6.65. The zero-order valence-corrected chi connectivity index (χ0v) is 14.4. The molecule has 0 amide bonds. The number of nitrogen functional groups attached to an aromatic ring is 1. The fraction of sp³-hybridized carbons (Fsp3) is 0.357. The Balaban J connectivity index is 0.00000288. The summed E-state index contributed by atoms with van der Waals surface area (Å²) in [5.41, 5.74) is 6.40. The van der Waals surface area contributed by atoms with Crippen LogP contribution in [0.3, 0.4) is 0 Å². The number of hydrogen-bond donors (Lipinski definition) is 2. The second kappa shape index (κ2) is 8.95. The second-order valence-electron chi connectivity index (χ2n) is 4.66. The van der Waals surface area contributed by atoms with E-state index in [1.807, 2.05) is 0 Å². The average Bonchev–Trinajstić information content (AvgIpc) is 2.90. The molecule has 1 aromatic heterocycles. The zero-order chi connectivity index (χ0) is 16.9. The van der Waals surface area contributed by atoms with Crippen LogP contribution in [0, 0.1) is 0 Å². The van der Waals surface area contributed by atoms with E-state index < -0.39 is 12.8 Å². The molecule has 0 aliphatic rings. The third-order valence-electron chi connectivity index (χ3n) is 2.82. The Morgan fingerprint density at radius 1 is 1.25 bits per heavy atom. The smallest absolute Gasteiger partial charge is 0.422 e. The number of thiazole rings is 1. The van der Waals surface area contributed by atoms with Gasteiger partial charge < -0.3 is 20.5 Å². The summed E-state index contributed by atoms with van der Waals surface area (Å²) in [5, 5.41) is 3.71. The van der Waals surface area contributed by atoms with Crippen molar-refractivity contribution in [2.45, 2.75) is 19.3 Å². The maximum atomic E-state index is 12.2. The molecular formula is C14H17ClF3N3O2S. The molecule has 0 fully saturated rings. The van der Waals surface area contributed by atoms with E-state index in [4.69, 9.17) is 15.2 Å². The van der Waals surface area contributed by atoms with Crippen LogP contribution in [0.15, 0.2) is 24.4 Å². The van der Waals surface area contributed by atoms with E-state index in [0.29, 0.717) is 18.2 Å². The molecule has 0 spiro atoms. The van der Waals surface area contributed by atoms with Crippen molar-refractivity contribution in [1.82, 2.24) is 10.3 Å². The first kappa shape index (κ1) is 20.3. The van der Waals surface area contributed by atoms with Gasteiger partial charge >= 0.3 is 6.18 Å². The van der Waals surface area contributed by atoms with Crippen molar-refractivity contribution in [2.24, 2.45) is 0 Å². The molecule has 0 radical (unpaired) electrons. The van der Waals surface area contributed by atoms with Crippen LogP contribution in [0.5, 0.6) is 11.5 Å². The molecule has 2 rings (SSSR count). The third kappa shape index (κ3) is 6.42. The number of alkyl halides is 3. The first-order chi connectivity index (χ1) is 10.9. The average molecular weight is 384 g/mol. The minimum absolute atomic E-state index is 0. The summed E-state index contributed by atoms with van der Waals surface area (Å²) in [6.07, 6.45) is -2.69. The lowest BCUT2D eigenvalue weighted by Crippen LogP contribution is -2.19. The molecule has 24 heavy (non-hydrogen) atoms. The van der Waals surface area contributed by atoms with Gasteiger partial charge in [-0.2, -0.15) is 13.2 Å². The number of halogens is 4. The van der Waals surface area contributed by atoms with Gasteiger partial charge in [-0.25, -0.2) is 4.98 Å². The van der Waals surface area contributed by atoms with Crippen molar-refractivity contribution in [3.63, 3.8) is 0 Å². The number of hydrogen-bond acceptors (Lipinski definition) is 6. The van der Waals surface area contributed by atoms with Crippen molar-refractivity contribution in [3.8, 4) is 11.5 Å². The molecule has 0 unspecified atom stereocenters.